The summed E-state index contributed by atoms with van der Waals surface area (Å²) in [6, 6.07) is 8.39. The molecule has 0 radical (unpaired) electrons. The summed E-state index contributed by atoms with van der Waals surface area (Å²) >= 11 is 0. The van der Waals surface area contributed by atoms with Crippen molar-refractivity contribution < 1.29 is 4.79 Å². The molecule has 1 aliphatic carbocycles. The van der Waals surface area contributed by atoms with Crippen LogP contribution in [0.15, 0.2) is 30.5 Å². The van der Waals surface area contributed by atoms with Crippen LogP contribution in [-0.2, 0) is 0 Å². The number of aromatic amines is 1. The molecule has 3 nitrogen and oxygen atoms in total. The van der Waals surface area contributed by atoms with Gasteiger partial charge in [0.15, 0.2) is 0 Å². The molecule has 3 heteroatoms. The Bertz CT molecular complexity index is 581. The smallest absolute Gasteiger partial charge is 0.254 e. The van der Waals surface area contributed by atoms with Crippen LogP contribution >= 0.6 is 0 Å². The number of carbonyl (C=O) groups is 1. The third kappa shape index (κ3) is 2.25. The van der Waals surface area contributed by atoms with Gasteiger partial charge in [-0.05, 0) is 43.4 Å². The highest BCUT2D eigenvalue weighted by Crippen LogP contribution is 2.25. The zero-order valence-electron chi connectivity index (χ0n) is 11.4. The fourth-order valence-corrected chi connectivity index (χ4v) is 3.13. The number of aromatic nitrogens is 1. The van der Waals surface area contributed by atoms with Crippen molar-refractivity contribution in [1.82, 2.24) is 9.88 Å². The second-order valence-corrected chi connectivity index (χ2v) is 5.31. The molecule has 1 aromatic heterocycles. The van der Waals surface area contributed by atoms with Crippen molar-refractivity contribution in [1.29, 1.82) is 0 Å². The second-order valence-electron chi connectivity index (χ2n) is 5.31. The predicted octanol–water partition coefficient (Wildman–Crippen LogP) is 3.57. The summed E-state index contributed by atoms with van der Waals surface area (Å²) in [5, 5.41) is 1.15. The fourth-order valence-electron chi connectivity index (χ4n) is 3.13. The van der Waals surface area contributed by atoms with Crippen molar-refractivity contribution in [2.24, 2.45) is 0 Å². The molecule has 100 valence electrons. The number of nitrogens with zero attached hydrogens (tertiary/aromatic N) is 1. The molecule has 1 amide bonds. The van der Waals surface area contributed by atoms with Crippen LogP contribution in [-0.4, -0.2) is 28.4 Å². The van der Waals surface area contributed by atoms with Gasteiger partial charge in [-0.2, -0.15) is 0 Å². The molecule has 0 spiro atoms. The summed E-state index contributed by atoms with van der Waals surface area (Å²) in [7, 11) is 0. The molecule has 1 N–H and O–H groups in total. The quantitative estimate of drug-likeness (QED) is 0.895. The molecule has 1 aromatic carbocycles. The summed E-state index contributed by atoms with van der Waals surface area (Å²) < 4.78 is 0. The van der Waals surface area contributed by atoms with Gasteiger partial charge in [0.1, 0.15) is 0 Å². The SMILES string of the molecule is CCN(C(=O)c1ccc2cc[nH]c2c1)C1CCCC1. The van der Waals surface area contributed by atoms with Crippen molar-refractivity contribution in [3.63, 3.8) is 0 Å². The lowest BCUT2D eigenvalue weighted by Gasteiger charge is -2.27. The Morgan fingerprint density at radius 3 is 2.84 bits per heavy atom. The van der Waals surface area contributed by atoms with Crippen LogP contribution in [0.5, 0.6) is 0 Å². The van der Waals surface area contributed by atoms with Gasteiger partial charge in [0.25, 0.3) is 5.91 Å². The van der Waals surface area contributed by atoms with E-state index in [1.165, 1.54) is 12.8 Å². The van der Waals surface area contributed by atoms with Gasteiger partial charge < -0.3 is 9.88 Å². The van der Waals surface area contributed by atoms with E-state index < -0.39 is 0 Å². The monoisotopic (exact) mass is 256 g/mol. The van der Waals surface area contributed by atoms with Crippen LogP contribution in [0.1, 0.15) is 43.0 Å². The van der Waals surface area contributed by atoms with E-state index in [0.717, 1.165) is 35.9 Å². The number of amides is 1. The Morgan fingerprint density at radius 1 is 1.32 bits per heavy atom. The molecular formula is C16H20N2O. The van der Waals surface area contributed by atoms with Crippen LogP contribution in [0.4, 0.5) is 0 Å². The van der Waals surface area contributed by atoms with E-state index in [-0.39, 0.29) is 5.91 Å². The highest BCUT2D eigenvalue weighted by atomic mass is 16.2. The minimum atomic E-state index is 0.172. The lowest BCUT2D eigenvalue weighted by Crippen LogP contribution is -2.38. The molecule has 1 heterocycles. The van der Waals surface area contributed by atoms with Gasteiger partial charge in [-0.25, -0.2) is 0 Å². The number of carbonyl (C=O) groups excluding carboxylic acids is 1. The van der Waals surface area contributed by atoms with Crippen LogP contribution in [0, 0.1) is 0 Å². The average molecular weight is 256 g/mol. The first kappa shape index (κ1) is 12.3. The zero-order valence-corrected chi connectivity index (χ0v) is 11.4. The summed E-state index contributed by atoms with van der Waals surface area (Å²) in [4.78, 5) is 17.8. The molecule has 1 fully saturated rings. The van der Waals surface area contributed by atoms with E-state index >= 15 is 0 Å². The summed E-state index contributed by atoms with van der Waals surface area (Å²) in [6.07, 6.45) is 6.73. The first-order chi connectivity index (χ1) is 9.29. The van der Waals surface area contributed by atoms with Gasteiger partial charge in [0.05, 0.1) is 0 Å². The van der Waals surface area contributed by atoms with Gasteiger partial charge in [0, 0.05) is 29.9 Å². The number of hydrogen-bond acceptors (Lipinski definition) is 1. The standard InChI is InChI=1S/C16H20N2O/c1-2-18(14-5-3-4-6-14)16(19)13-8-7-12-9-10-17-15(12)11-13/h7-11,14,17H,2-6H2,1H3. The summed E-state index contributed by atoms with van der Waals surface area (Å²) in [6.45, 7) is 2.87. The van der Waals surface area contributed by atoms with Crippen molar-refractivity contribution >= 4 is 16.8 Å². The fraction of sp³-hybridized carbons (Fsp3) is 0.438. The van der Waals surface area contributed by atoms with E-state index in [0.29, 0.717) is 6.04 Å². The molecule has 3 rings (SSSR count). The normalized spacial score (nSPS) is 16.1. The largest absolute Gasteiger partial charge is 0.361 e. The molecule has 0 bridgehead atoms. The maximum Gasteiger partial charge on any atom is 0.254 e. The minimum absolute atomic E-state index is 0.172. The highest BCUT2D eigenvalue weighted by molar-refractivity contribution is 5.98. The van der Waals surface area contributed by atoms with Gasteiger partial charge >= 0.3 is 0 Å². The Balaban J connectivity index is 1.88. The lowest BCUT2D eigenvalue weighted by molar-refractivity contribution is 0.0693. The molecule has 0 unspecified atom stereocenters. The molecule has 0 aliphatic heterocycles. The molecule has 1 aliphatic rings. The Hall–Kier alpha value is -1.77. The Kier molecular flexibility index (Phi) is 3.28. The van der Waals surface area contributed by atoms with Crippen LogP contribution in [0.2, 0.25) is 0 Å². The van der Waals surface area contributed by atoms with Gasteiger partial charge in [0.2, 0.25) is 0 Å². The number of nitrogens with one attached hydrogen (secondary N) is 1. The molecule has 1 saturated carbocycles. The highest BCUT2D eigenvalue weighted by Gasteiger charge is 2.26. The number of fused-ring (bicyclic) bond motifs is 1. The maximum atomic E-state index is 12.6. The van der Waals surface area contributed by atoms with Crippen LogP contribution in [0.3, 0.4) is 0 Å². The minimum Gasteiger partial charge on any atom is -0.361 e. The lowest BCUT2D eigenvalue weighted by atomic mass is 10.1. The van der Waals surface area contributed by atoms with Crippen LogP contribution < -0.4 is 0 Å². The third-order valence-corrected chi connectivity index (χ3v) is 4.17. The predicted molar refractivity (Wildman–Crippen MR) is 77.3 cm³/mol. The van der Waals surface area contributed by atoms with Crippen molar-refractivity contribution in [3.8, 4) is 0 Å². The second kappa shape index (κ2) is 5.08. The van der Waals surface area contributed by atoms with E-state index in [4.69, 9.17) is 0 Å². The van der Waals surface area contributed by atoms with Gasteiger partial charge in [-0.3, -0.25) is 4.79 Å². The average Bonchev–Trinajstić information content (AvgIpc) is 3.09. The molecule has 19 heavy (non-hydrogen) atoms. The Labute approximate surface area is 113 Å². The van der Waals surface area contributed by atoms with E-state index in [9.17, 15) is 4.79 Å². The molecule has 0 atom stereocenters. The molecule has 2 aromatic rings. The molecular weight excluding hydrogens is 236 g/mol. The van der Waals surface area contributed by atoms with Crippen molar-refractivity contribution in [2.75, 3.05) is 6.54 Å². The maximum absolute atomic E-state index is 12.6. The number of H-pyrrole nitrogens is 1. The summed E-state index contributed by atoms with van der Waals surface area (Å²) in [5.41, 5.74) is 1.83. The molecule has 0 saturated heterocycles. The van der Waals surface area contributed by atoms with Gasteiger partial charge in [-0.15, -0.1) is 0 Å². The topological polar surface area (TPSA) is 36.1 Å². The first-order valence-corrected chi connectivity index (χ1v) is 7.17. The number of rotatable bonds is 3. The van der Waals surface area contributed by atoms with E-state index in [1.807, 2.05) is 35.4 Å². The first-order valence-electron chi connectivity index (χ1n) is 7.17. The van der Waals surface area contributed by atoms with E-state index in [1.54, 1.807) is 0 Å². The van der Waals surface area contributed by atoms with Gasteiger partial charge in [-0.1, -0.05) is 18.9 Å². The van der Waals surface area contributed by atoms with Crippen LogP contribution in [0.25, 0.3) is 10.9 Å². The zero-order chi connectivity index (χ0) is 13.2. The number of hydrogen-bond donors (Lipinski definition) is 1. The third-order valence-electron chi connectivity index (χ3n) is 4.17. The summed E-state index contributed by atoms with van der Waals surface area (Å²) in [5.74, 6) is 0.172. The Morgan fingerprint density at radius 2 is 2.11 bits per heavy atom. The number of benzene rings is 1. The van der Waals surface area contributed by atoms with E-state index in [2.05, 4.69) is 11.9 Å². The van der Waals surface area contributed by atoms with Crippen molar-refractivity contribution in [2.45, 2.75) is 38.6 Å². The van der Waals surface area contributed by atoms with Crippen molar-refractivity contribution in [3.05, 3.63) is 36.0 Å².